The highest BCUT2D eigenvalue weighted by molar-refractivity contribution is 5.77. The van der Waals surface area contributed by atoms with Gasteiger partial charge in [-0.25, -0.2) is 0 Å². The number of hydrogen-bond acceptors (Lipinski definition) is 3. The molecular weight excluding hydrogens is 238 g/mol. The van der Waals surface area contributed by atoms with Crippen LogP contribution in [0.4, 0.5) is 0 Å². The van der Waals surface area contributed by atoms with Crippen LogP contribution in [0, 0.1) is 5.92 Å². The van der Waals surface area contributed by atoms with Gasteiger partial charge in [-0.1, -0.05) is 0 Å². The van der Waals surface area contributed by atoms with E-state index in [9.17, 15) is 4.79 Å². The zero-order valence-corrected chi connectivity index (χ0v) is 11.4. The predicted octanol–water partition coefficient (Wildman–Crippen LogP) is 1.22. The summed E-state index contributed by atoms with van der Waals surface area (Å²) in [6.45, 7) is 4.22. The maximum Gasteiger partial charge on any atom is 0.223 e. The van der Waals surface area contributed by atoms with Gasteiger partial charge in [0.05, 0.1) is 0 Å². The van der Waals surface area contributed by atoms with Crippen molar-refractivity contribution in [1.82, 2.24) is 15.2 Å². The molecule has 0 bridgehead atoms. The molecule has 0 saturated carbocycles. The van der Waals surface area contributed by atoms with Crippen LogP contribution in [0.1, 0.15) is 25.3 Å². The first-order valence-corrected chi connectivity index (χ1v) is 7.16. The predicted molar refractivity (Wildman–Crippen MR) is 73.6 cm³/mol. The Morgan fingerprint density at radius 2 is 2.21 bits per heavy atom. The lowest BCUT2D eigenvalue weighted by atomic mass is 10.0. The second-order valence-corrected chi connectivity index (χ2v) is 5.73. The number of rotatable bonds is 3. The van der Waals surface area contributed by atoms with Crippen LogP contribution < -0.4 is 5.32 Å². The molecule has 3 unspecified atom stereocenters. The molecule has 19 heavy (non-hydrogen) atoms. The summed E-state index contributed by atoms with van der Waals surface area (Å²) in [4.78, 5) is 18.6. The molecule has 0 aromatic carbocycles. The highest BCUT2D eigenvalue weighted by atomic mass is 16.2. The topological polar surface area (TPSA) is 45.2 Å². The van der Waals surface area contributed by atoms with E-state index in [1.165, 1.54) is 5.56 Å². The fraction of sp³-hybridized carbons (Fsp3) is 0.600. The van der Waals surface area contributed by atoms with Gasteiger partial charge < -0.3 is 10.2 Å². The Hall–Kier alpha value is -1.42. The molecule has 1 aromatic heterocycles. The van der Waals surface area contributed by atoms with Gasteiger partial charge in [-0.15, -0.1) is 0 Å². The molecule has 3 atom stereocenters. The third-order valence-electron chi connectivity index (χ3n) is 4.45. The minimum absolute atomic E-state index is 0.306. The summed E-state index contributed by atoms with van der Waals surface area (Å²) in [5, 5.41) is 3.40. The first kappa shape index (κ1) is 12.6. The number of likely N-dealkylation sites (tertiary alicyclic amines) is 1. The lowest BCUT2D eigenvalue weighted by Crippen LogP contribution is -2.42. The molecule has 0 radical (unpaired) electrons. The lowest BCUT2D eigenvalue weighted by molar-refractivity contribution is -0.133. The molecular formula is C15H21N3O. The Morgan fingerprint density at radius 3 is 3.00 bits per heavy atom. The summed E-state index contributed by atoms with van der Waals surface area (Å²) in [5.41, 5.74) is 1.19. The van der Waals surface area contributed by atoms with Crippen LogP contribution in [0.2, 0.25) is 0 Å². The number of aromatic nitrogens is 1. The second-order valence-electron chi connectivity index (χ2n) is 5.73. The number of nitrogens with zero attached hydrogens (tertiary/aromatic N) is 2. The van der Waals surface area contributed by atoms with Crippen molar-refractivity contribution >= 4 is 5.91 Å². The number of carbonyl (C=O) groups excluding carboxylic acids is 1. The SMILES string of the molecule is CC1CC2CNCC2N1C(=O)CCc1ccncc1. The van der Waals surface area contributed by atoms with Gasteiger partial charge in [0, 0.05) is 44.0 Å². The molecule has 4 heteroatoms. The minimum atomic E-state index is 0.306. The van der Waals surface area contributed by atoms with Crippen LogP contribution in [-0.2, 0) is 11.2 Å². The van der Waals surface area contributed by atoms with Crippen molar-refractivity contribution in [3.8, 4) is 0 Å². The van der Waals surface area contributed by atoms with Crippen LogP contribution in [0.3, 0.4) is 0 Å². The van der Waals surface area contributed by atoms with Crippen molar-refractivity contribution in [2.45, 2.75) is 38.3 Å². The number of pyridine rings is 1. The first-order valence-electron chi connectivity index (χ1n) is 7.16. The third kappa shape index (κ3) is 2.50. The fourth-order valence-electron chi connectivity index (χ4n) is 3.52. The van der Waals surface area contributed by atoms with Crippen molar-refractivity contribution in [2.75, 3.05) is 13.1 Å². The van der Waals surface area contributed by atoms with Crippen molar-refractivity contribution < 1.29 is 4.79 Å². The Labute approximate surface area is 114 Å². The fourth-order valence-corrected chi connectivity index (χ4v) is 3.52. The van der Waals surface area contributed by atoms with Gasteiger partial charge in [0.1, 0.15) is 0 Å². The molecule has 2 aliphatic heterocycles. The van der Waals surface area contributed by atoms with Crippen molar-refractivity contribution in [3.05, 3.63) is 30.1 Å². The van der Waals surface area contributed by atoms with Crippen molar-refractivity contribution in [2.24, 2.45) is 5.92 Å². The van der Waals surface area contributed by atoms with Gasteiger partial charge in [0.2, 0.25) is 5.91 Å². The highest BCUT2D eigenvalue weighted by Gasteiger charge is 2.43. The Kier molecular flexibility index (Phi) is 3.51. The maximum atomic E-state index is 12.5. The molecule has 2 aliphatic rings. The third-order valence-corrected chi connectivity index (χ3v) is 4.45. The Balaban J connectivity index is 1.61. The minimum Gasteiger partial charge on any atom is -0.335 e. The molecule has 1 amide bonds. The summed E-state index contributed by atoms with van der Waals surface area (Å²) < 4.78 is 0. The van der Waals surface area contributed by atoms with E-state index in [2.05, 4.69) is 22.1 Å². The molecule has 1 N–H and O–H groups in total. The van der Waals surface area contributed by atoms with Crippen LogP contribution in [0.5, 0.6) is 0 Å². The molecule has 102 valence electrons. The number of carbonyl (C=O) groups is 1. The molecule has 0 aliphatic carbocycles. The summed E-state index contributed by atoms with van der Waals surface area (Å²) in [7, 11) is 0. The van der Waals surface area contributed by atoms with E-state index < -0.39 is 0 Å². The molecule has 2 fully saturated rings. The smallest absolute Gasteiger partial charge is 0.223 e. The molecule has 0 spiro atoms. The zero-order chi connectivity index (χ0) is 13.2. The summed E-state index contributed by atoms with van der Waals surface area (Å²) in [5.74, 6) is 0.973. The maximum absolute atomic E-state index is 12.5. The largest absolute Gasteiger partial charge is 0.335 e. The van der Waals surface area contributed by atoms with E-state index in [-0.39, 0.29) is 0 Å². The van der Waals surface area contributed by atoms with Crippen LogP contribution in [0.15, 0.2) is 24.5 Å². The van der Waals surface area contributed by atoms with E-state index in [0.717, 1.165) is 25.9 Å². The monoisotopic (exact) mass is 259 g/mol. The molecule has 2 saturated heterocycles. The Bertz CT molecular complexity index is 448. The standard InChI is InChI=1S/C15H21N3O/c1-11-8-13-9-17-10-14(13)18(11)15(19)3-2-12-4-6-16-7-5-12/h4-7,11,13-14,17H,2-3,8-10H2,1H3. The van der Waals surface area contributed by atoms with Gasteiger partial charge in [-0.2, -0.15) is 0 Å². The van der Waals surface area contributed by atoms with Crippen LogP contribution >= 0.6 is 0 Å². The average Bonchev–Trinajstić information content (AvgIpc) is 2.97. The molecule has 3 rings (SSSR count). The van der Waals surface area contributed by atoms with E-state index in [1.807, 2.05) is 12.1 Å². The van der Waals surface area contributed by atoms with E-state index in [0.29, 0.717) is 30.3 Å². The normalized spacial score (nSPS) is 29.5. The number of amides is 1. The summed E-state index contributed by atoms with van der Waals surface area (Å²) >= 11 is 0. The summed E-state index contributed by atoms with van der Waals surface area (Å²) in [6, 6.07) is 4.81. The van der Waals surface area contributed by atoms with Crippen LogP contribution in [0.25, 0.3) is 0 Å². The van der Waals surface area contributed by atoms with Gasteiger partial charge in [0.25, 0.3) is 0 Å². The zero-order valence-electron chi connectivity index (χ0n) is 11.4. The van der Waals surface area contributed by atoms with Gasteiger partial charge in [0.15, 0.2) is 0 Å². The molecule has 1 aromatic rings. The van der Waals surface area contributed by atoms with Gasteiger partial charge in [-0.05, 0) is 43.4 Å². The molecule has 4 nitrogen and oxygen atoms in total. The van der Waals surface area contributed by atoms with Gasteiger partial charge in [-0.3, -0.25) is 9.78 Å². The second kappa shape index (κ2) is 5.29. The van der Waals surface area contributed by atoms with E-state index in [1.54, 1.807) is 12.4 Å². The number of nitrogens with one attached hydrogen (secondary N) is 1. The average molecular weight is 259 g/mol. The molecule has 3 heterocycles. The lowest BCUT2D eigenvalue weighted by Gasteiger charge is -2.27. The number of aryl methyl sites for hydroxylation is 1. The highest BCUT2D eigenvalue weighted by Crippen LogP contribution is 2.32. The number of fused-ring (bicyclic) bond motifs is 1. The Morgan fingerprint density at radius 1 is 1.42 bits per heavy atom. The first-order chi connectivity index (χ1) is 9.25. The van der Waals surface area contributed by atoms with E-state index >= 15 is 0 Å². The van der Waals surface area contributed by atoms with Crippen LogP contribution in [-0.4, -0.2) is 41.0 Å². The van der Waals surface area contributed by atoms with Crippen molar-refractivity contribution in [1.29, 1.82) is 0 Å². The van der Waals surface area contributed by atoms with Gasteiger partial charge >= 0.3 is 0 Å². The van der Waals surface area contributed by atoms with E-state index in [4.69, 9.17) is 0 Å². The van der Waals surface area contributed by atoms with Crippen molar-refractivity contribution in [3.63, 3.8) is 0 Å². The summed E-state index contributed by atoms with van der Waals surface area (Å²) in [6.07, 6.45) is 6.15. The number of hydrogen-bond donors (Lipinski definition) is 1. The quantitative estimate of drug-likeness (QED) is 0.888.